The third kappa shape index (κ3) is 4.73. The van der Waals surface area contributed by atoms with Crippen LogP contribution in [0.1, 0.15) is 34.1 Å². The Kier molecular flexibility index (Phi) is 5.09. The van der Waals surface area contributed by atoms with Crippen LogP contribution in [-0.2, 0) is 4.79 Å². The van der Waals surface area contributed by atoms with Crippen LogP contribution in [0, 0.1) is 0 Å². The Morgan fingerprint density at radius 2 is 2.11 bits per heavy atom. The Morgan fingerprint density at radius 1 is 1.42 bits per heavy atom. The molecule has 6 heteroatoms. The summed E-state index contributed by atoms with van der Waals surface area (Å²) in [6.45, 7) is 8.22. The van der Waals surface area contributed by atoms with Gasteiger partial charge in [0.1, 0.15) is 6.54 Å². The maximum absolute atomic E-state index is 11.0. The monoisotopic (exact) mass is 267 g/mol. The minimum absolute atomic E-state index is 0.130. The summed E-state index contributed by atoms with van der Waals surface area (Å²) >= 11 is 0. The summed E-state index contributed by atoms with van der Waals surface area (Å²) in [6, 6.07) is 0. The van der Waals surface area contributed by atoms with E-state index in [1.54, 1.807) is 11.1 Å². The molecule has 0 saturated carbocycles. The summed E-state index contributed by atoms with van der Waals surface area (Å²) in [5, 5.41) is 9.00. The summed E-state index contributed by atoms with van der Waals surface area (Å²) in [4.78, 5) is 21.0. The number of carbonyl (C=O) groups is 1. The molecule has 1 aromatic rings. The van der Waals surface area contributed by atoms with Gasteiger partial charge in [-0.15, -0.1) is 0 Å². The van der Waals surface area contributed by atoms with Gasteiger partial charge in [0.15, 0.2) is 5.82 Å². The van der Waals surface area contributed by atoms with Crippen LogP contribution < -0.4 is 9.64 Å². The molecule has 1 aromatic heterocycles. The number of carboxylic acid groups (broad SMARTS) is 1. The number of aromatic nitrogens is 2. The zero-order valence-electron chi connectivity index (χ0n) is 11.9. The van der Waals surface area contributed by atoms with Crippen LogP contribution in [0.25, 0.3) is 0 Å². The fourth-order valence-electron chi connectivity index (χ4n) is 1.54. The second-order valence-electron chi connectivity index (χ2n) is 5.21. The van der Waals surface area contributed by atoms with E-state index in [0.717, 1.165) is 6.42 Å². The van der Waals surface area contributed by atoms with Crippen LogP contribution in [0.2, 0.25) is 0 Å². The fourth-order valence-corrected chi connectivity index (χ4v) is 1.54. The van der Waals surface area contributed by atoms with E-state index in [1.807, 2.05) is 27.7 Å². The van der Waals surface area contributed by atoms with E-state index in [-0.39, 0.29) is 12.1 Å². The van der Waals surface area contributed by atoms with E-state index >= 15 is 0 Å². The highest BCUT2D eigenvalue weighted by atomic mass is 16.5. The molecule has 1 N–H and O–H groups in total. The number of rotatable bonds is 6. The Hall–Kier alpha value is -1.85. The van der Waals surface area contributed by atoms with Gasteiger partial charge in [0, 0.05) is 5.54 Å². The van der Waals surface area contributed by atoms with Crippen molar-refractivity contribution in [3.63, 3.8) is 0 Å². The maximum Gasteiger partial charge on any atom is 0.323 e. The Morgan fingerprint density at radius 3 is 2.63 bits per heavy atom. The first kappa shape index (κ1) is 15.2. The minimum atomic E-state index is -0.906. The number of hydrogen-bond donors (Lipinski definition) is 1. The molecule has 0 bridgehead atoms. The molecule has 0 amide bonds. The highest BCUT2D eigenvalue weighted by Crippen LogP contribution is 2.22. The molecule has 0 spiro atoms. The van der Waals surface area contributed by atoms with E-state index in [2.05, 4.69) is 9.97 Å². The minimum Gasteiger partial charge on any atom is -0.480 e. The summed E-state index contributed by atoms with van der Waals surface area (Å²) in [6.07, 6.45) is 3.96. The molecule has 0 radical (unpaired) electrons. The average molecular weight is 267 g/mol. The fraction of sp³-hybridized carbons (Fsp3) is 0.615. The van der Waals surface area contributed by atoms with Gasteiger partial charge in [0.05, 0.1) is 19.0 Å². The van der Waals surface area contributed by atoms with Gasteiger partial charge in [-0.25, -0.2) is 0 Å². The lowest BCUT2D eigenvalue weighted by atomic mass is 10.1. The molecule has 6 nitrogen and oxygen atoms in total. The van der Waals surface area contributed by atoms with Gasteiger partial charge in [-0.1, -0.05) is 6.92 Å². The summed E-state index contributed by atoms with van der Waals surface area (Å²) in [5.41, 5.74) is -0.365. The molecule has 0 saturated heterocycles. The zero-order valence-corrected chi connectivity index (χ0v) is 11.9. The Balaban J connectivity index is 2.98. The van der Waals surface area contributed by atoms with Crippen LogP contribution in [0.5, 0.6) is 5.88 Å². The molecular formula is C13H21N3O3. The molecule has 0 aliphatic rings. The molecule has 0 aliphatic heterocycles. The first-order valence-corrected chi connectivity index (χ1v) is 6.29. The molecular weight excluding hydrogens is 246 g/mol. The number of carboxylic acids is 1. The lowest BCUT2D eigenvalue weighted by Crippen LogP contribution is -2.45. The van der Waals surface area contributed by atoms with Crippen LogP contribution in [0.3, 0.4) is 0 Å². The van der Waals surface area contributed by atoms with Gasteiger partial charge >= 0.3 is 5.97 Å². The topological polar surface area (TPSA) is 75.5 Å². The average Bonchev–Trinajstić information content (AvgIpc) is 2.32. The maximum atomic E-state index is 11.0. The standard InChI is InChI=1S/C13H21N3O3/c1-5-6-19-11-8-14-7-10(15-11)16(9-12(17)18)13(2,3)4/h7-8H,5-6,9H2,1-4H3,(H,17,18). The van der Waals surface area contributed by atoms with Gasteiger partial charge in [-0.3, -0.25) is 9.78 Å². The molecule has 19 heavy (non-hydrogen) atoms. The number of hydrogen-bond acceptors (Lipinski definition) is 5. The van der Waals surface area contributed by atoms with Crippen molar-refractivity contribution in [1.29, 1.82) is 0 Å². The van der Waals surface area contributed by atoms with Crippen molar-refractivity contribution in [2.24, 2.45) is 0 Å². The van der Waals surface area contributed by atoms with E-state index in [0.29, 0.717) is 18.3 Å². The summed E-state index contributed by atoms with van der Waals surface area (Å²) in [5.74, 6) is 0.0131. The zero-order chi connectivity index (χ0) is 14.5. The quantitative estimate of drug-likeness (QED) is 0.849. The summed E-state index contributed by atoms with van der Waals surface area (Å²) < 4.78 is 5.42. The largest absolute Gasteiger partial charge is 0.480 e. The highest BCUT2D eigenvalue weighted by Gasteiger charge is 2.25. The second kappa shape index (κ2) is 6.36. The Bertz CT molecular complexity index is 429. The van der Waals surface area contributed by atoms with Crippen molar-refractivity contribution in [3.8, 4) is 5.88 Å². The molecule has 0 aliphatic carbocycles. The van der Waals surface area contributed by atoms with Crippen LogP contribution >= 0.6 is 0 Å². The van der Waals surface area contributed by atoms with Crippen LogP contribution in [0.4, 0.5) is 5.82 Å². The van der Waals surface area contributed by atoms with E-state index in [9.17, 15) is 4.79 Å². The van der Waals surface area contributed by atoms with Crippen molar-refractivity contribution in [3.05, 3.63) is 12.4 Å². The Labute approximate surface area is 113 Å². The van der Waals surface area contributed by atoms with Crippen LogP contribution in [-0.4, -0.2) is 39.7 Å². The van der Waals surface area contributed by atoms with Gasteiger partial charge in [-0.2, -0.15) is 4.98 Å². The molecule has 0 fully saturated rings. The molecule has 106 valence electrons. The second-order valence-corrected chi connectivity index (χ2v) is 5.21. The first-order valence-electron chi connectivity index (χ1n) is 6.29. The van der Waals surface area contributed by atoms with Crippen LogP contribution in [0.15, 0.2) is 12.4 Å². The van der Waals surface area contributed by atoms with E-state index in [1.165, 1.54) is 6.20 Å². The third-order valence-electron chi connectivity index (χ3n) is 2.43. The molecule has 0 aromatic carbocycles. The smallest absolute Gasteiger partial charge is 0.323 e. The normalized spacial score (nSPS) is 11.2. The molecule has 0 atom stereocenters. The molecule has 0 unspecified atom stereocenters. The predicted octanol–water partition coefficient (Wildman–Crippen LogP) is 1.95. The highest BCUT2D eigenvalue weighted by molar-refractivity contribution is 5.73. The number of ether oxygens (including phenoxy) is 1. The summed E-state index contributed by atoms with van der Waals surface area (Å²) in [7, 11) is 0. The van der Waals surface area contributed by atoms with Gasteiger partial charge in [0.25, 0.3) is 0 Å². The SMILES string of the molecule is CCCOc1cncc(N(CC(=O)O)C(C)(C)C)n1. The van der Waals surface area contributed by atoms with Crippen molar-refractivity contribution in [1.82, 2.24) is 9.97 Å². The van der Waals surface area contributed by atoms with E-state index in [4.69, 9.17) is 9.84 Å². The van der Waals surface area contributed by atoms with Gasteiger partial charge < -0.3 is 14.7 Å². The van der Waals surface area contributed by atoms with Crippen molar-refractivity contribution >= 4 is 11.8 Å². The number of anilines is 1. The lowest BCUT2D eigenvalue weighted by Gasteiger charge is -2.35. The lowest BCUT2D eigenvalue weighted by molar-refractivity contribution is -0.135. The molecule has 1 heterocycles. The van der Waals surface area contributed by atoms with E-state index < -0.39 is 5.97 Å². The van der Waals surface area contributed by atoms with Gasteiger partial charge in [0.2, 0.25) is 5.88 Å². The number of aliphatic carboxylic acids is 1. The van der Waals surface area contributed by atoms with Crippen molar-refractivity contribution < 1.29 is 14.6 Å². The van der Waals surface area contributed by atoms with Crippen molar-refractivity contribution in [2.75, 3.05) is 18.1 Å². The molecule has 1 rings (SSSR count). The predicted molar refractivity (Wildman–Crippen MR) is 72.6 cm³/mol. The first-order chi connectivity index (χ1) is 8.84. The van der Waals surface area contributed by atoms with Gasteiger partial charge in [-0.05, 0) is 27.2 Å². The third-order valence-corrected chi connectivity index (χ3v) is 2.43. The number of nitrogens with zero attached hydrogens (tertiary/aromatic N) is 3. The van der Waals surface area contributed by atoms with Crippen molar-refractivity contribution in [2.45, 2.75) is 39.7 Å².